The molecule has 0 bridgehead atoms. The number of aliphatic hydroxyl groups is 1. The maximum absolute atomic E-state index is 10.6. The molecule has 3 heteroatoms. The highest BCUT2D eigenvalue weighted by Crippen LogP contribution is 2.05. The van der Waals surface area contributed by atoms with Gasteiger partial charge in [0.05, 0.1) is 13.2 Å². The lowest BCUT2D eigenvalue weighted by atomic mass is 10.0. The van der Waals surface area contributed by atoms with Gasteiger partial charge in [0.1, 0.15) is 0 Å². The Morgan fingerprint density at radius 1 is 1.58 bits per heavy atom. The SMILES string of the molecule is COC(=O)/C=C/C[C@H](O)C(C)C. The van der Waals surface area contributed by atoms with Crippen molar-refractivity contribution in [1.82, 2.24) is 0 Å². The second-order valence-electron chi connectivity index (χ2n) is 2.97. The molecular weight excluding hydrogens is 156 g/mol. The van der Waals surface area contributed by atoms with Crippen LogP contribution >= 0.6 is 0 Å². The van der Waals surface area contributed by atoms with Crippen molar-refractivity contribution in [3.05, 3.63) is 12.2 Å². The molecule has 0 aromatic heterocycles. The molecule has 0 fully saturated rings. The highest BCUT2D eigenvalue weighted by Gasteiger charge is 2.06. The van der Waals surface area contributed by atoms with E-state index in [-0.39, 0.29) is 18.0 Å². The smallest absolute Gasteiger partial charge is 0.330 e. The van der Waals surface area contributed by atoms with Crippen LogP contribution in [0.4, 0.5) is 0 Å². The predicted octanol–water partition coefficient (Wildman–Crippen LogP) is 1.12. The number of hydrogen-bond donors (Lipinski definition) is 1. The number of aliphatic hydroxyl groups excluding tert-OH is 1. The Hall–Kier alpha value is -0.830. The lowest BCUT2D eigenvalue weighted by molar-refractivity contribution is -0.134. The van der Waals surface area contributed by atoms with Gasteiger partial charge in [-0.25, -0.2) is 4.79 Å². The summed E-state index contributed by atoms with van der Waals surface area (Å²) in [5, 5.41) is 9.31. The third-order valence-corrected chi connectivity index (χ3v) is 1.60. The summed E-state index contributed by atoms with van der Waals surface area (Å²) in [7, 11) is 1.32. The van der Waals surface area contributed by atoms with Gasteiger partial charge in [-0.05, 0) is 12.3 Å². The molecule has 0 saturated carbocycles. The van der Waals surface area contributed by atoms with Gasteiger partial charge in [0.2, 0.25) is 0 Å². The minimum Gasteiger partial charge on any atom is -0.466 e. The molecule has 0 radical (unpaired) electrons. The number of ether oxygens (including phenoxy) is 1. The van der Waals surface area contributed by atoms with Gasteiger partial charge >= 0.3 is 5.97 Å². The van der Waals surface area contributed by atoms with E-state index in [1.165, 1.54) is 13.2 Å². The van der Waals surface area contributed by atoms with E-state index in [0.717, 1.165) is 0 Å². The summed E-state index contributed by atoms with van der Waals surface area (Å²) in [6, 6.07) is 0. The normalized spacial score (nSPS) is 13.8. The molecule has 1 atom stereocenters. The highest BCUT2D eigenvalue weighted by atomic mass is 16.5. The Labute approximate surface area is 73.0 Å². The van der Waals surface area contributed by atoms with Gasteiger partial charge < -0.3 is 9.84 Å². The monoisotopic (exact) mass is 172 g/mol. The number of hydrogen-bond acceptors (Lipinski definition) is 3. The van der Waals surface area contributed by atoms with Crippen molar-refractivity contribution in [2.24, 2.45) is 5.92 Å². The molecule has 0 spiro atoms. The van der Waals surface area contributed by atoms with Gasteiger partial charge in [0.15, 0.2) is 0 Å². The molecule has 0 aliphatic rings. The second kappa shape index (κ2) is 5.77. The van der Waals surface area contributed by atoms with Gasteiger partial charge in [-0.2, -0.15) is 0 Å². The summed E-state index contributed by atoms with van der Waals surface area (Å²) in [6.45, 7) is 3.85. The minimum absolute atomic E-state index is 0.215. The van der Waals surface area contributed by atoms with Crippen LogP contribution in [0.3, 0.4) is 0 Å². The van der Waals surface area contributed by atoms with E-state index in [9.17, 15) is 9.90 Å². The highest BCUT2D eigenvalue weighted by molar-refractivity contribution is 5.81. The fourth-order valence-corrected chi connectivity index (χ4v) is 0.644. The maximum Gasteiger partial charge on any atom is 0.330 e. The van der Waals surface area contributed by atoms with Crippen molar-refractivity contribution in [1.29, 1.82) is 0 Å². The van der Waals surface area contributed by atoms with Crippen LogP contribution in [0, 0.1) is 5.92 Å². The van der Waals surface area contributed by atoms with E-state index in [0.29, 0.717) is 6.42 Å². The molecule has 0 aromatic rings. The molecule has 12 heavy (non-hydrogen) atoms. The van der Waals surface area contributed by atoms with Crippen molar-refractivity contribution in [3.8, 4) is 0 Å². The maximum atomic E-state index is 10.6. The molecule has 0 amide bonds. The van der Waals surface area contributed by atoms with E-state index >= 15 is 0 Å². The average molecular weight is 172 g/mol. The van der Waals surface area contributed by atoms with E-state index < -0.39 is 0 Å². The summed E-state index contributed by atoms with van der Waals surface area (Å²) < 4.78 is 4.39. The summed E-state index contributed by atoms with van der Waals surface area (Å²) in [5.74, 6) is -0.168. The Bertz CT molecular complexity index is 161. The molecule has 70 valence electrons. The van der Waals surface area contributed by atoms with Crippen LogP contribution in [-0.2, 0) is 9.53 Å². The Balaban J connectivity index is 3.67. The summed E-state index contributed by atoms with van der Waals surface area (Å²) in [4.78, 5) is 10.6. The van der Waals surface area contributed by atoms with Crippen LogP contribution < -0.4 is 0 Å². The molecule has 0 aliphatic heterocycles. The van der Waals surface area contributed by atoms with Gasteiger partial charge in [0, 0.05) is 6.08 Å². The molecule has 0 unspecified atom stereocenters. The lowest BCUT2D eigenvalue weighted by Gasteiger charge is -2.10. The van der Waals surface area contributed by atoms with Gasteiger partial charge in [-0.1, -0.05) is 19.9 Å². The third-order valence-electron chi connectivity index (χ3n) is 1.60. The first-order valence-electron chi connectivity index (χ1n) is 4.00. The van der Waals surface area contributed by atoms with Crippen LogP contribution in [0.5, 0.6) is 0 Å². The van der Waals surface area contributed by atoms with Crippen LogP contribution in [0.15, 0.2) is 12.2 Å². The van der Waals surface area contributed by atoms with Crippen LogP contribution in [0.1, 0.15) is 20.3 Å². The average Bonchev–Trinajstić information content (AvgIpc) is 2.03. The molecule has 3 nitrogen and oxygen atoms in total. The first-order chi connectivity index (χ1) is 5.57. The van der Waals surface area contributed by atoms with E-state index in [1.54, 1.807) is 6.08 Å². The third kappa shape index (κ3) is 4.91. The standard InChI is InChI=1S/C9H16O3/c1-7(2)8(10)5-4-6-9(11)12-3/h4,6-8,10H,5H2,1-3H3/b6-4+/t8-/m0/s1. The largest absolute Gasteiger partial charge is 0.466 e. The molecule has 1 N–H and O–H groups in total. The summed E-state index contributed by atoms with van der Waals surface area (Å²) in [6.07, 6.45) is 3.06. The first kappa shape index (κ1) is 11.2. The Morgan fingerprint density at radius 3 is 2.58 bits per heavy atom. The van der Waals surface area contributed by atoms with Gasteiger partial charge in [-0.3, -0.25) is 0 Å². The van der Waals surface area contributed by atoms with Crippen LogP contribution in [0.2, 0.25) is 0 Å². The fourth-order valence-electron chi connectivity index (χ4n) is 0.644. The van der Waals surface area contributed by atoms with Gasteiger partial charge in [0.25, 0.3) is 0 Å². The molecule has 0 heterocycles. The molecule has 0 aromatic carbocycles. The first-order valence-corrected chi connectivity index (χ1v) is 4.00. The summed E-state index contributed by atoms with van der Waals surface area (Å²) >= 11 is 0. The molecular formula is C9H16O3. The van der Waals surface area contributed by atoms with E-state index in [1.807, 2.05) is 13.8 Å². The van der Waals surface area contributed by atoms with E-state index in [4.69, 9.17) is 0 Å². The second-order valence-corrected chi connectivity index (χ2v) is 2.97. The van der Waals surface area contributed by atoms with Crippen molar-refractivity contribution < 1.29 is 14.6 Å². The fraction of sp³-hybridized carbons (Fsp3) is 0.667. The predicted molar refractivity (Wildman–Crippen MR) is 46.6 cm³/mol. The zero-order valence-corrected chi connectivity index (χ0v) is 7.78. The zero-order valence-electron chi connectivity index (χ0n) is 7.78. The van der Waals surface area contributed by atoms with Gasteiger partial charge in [-0.15, -0.1) is 0 Å². The van der Waals surface area contributed by atoms with Crippen LogP contribution in [0.25, 0.3) is 0 Å². The lowest BCUT2D eigenvalue weighted by Crippen LogP contribution is -2.13. The number of carbonyl (C=O) groups excluding carboxylic acids is 1. The number of carbonyl (C=O) groups is 1. The van der Waals surface area contributed by atoms with Crippen molar-refractivity contribution in [2.45, 2.75) is 26.4 Å². The van der Waals surface area contributed by atoms with Crippen molar-refractivity contribution >= 4 is 5.97 Å². The minimum atomic E-state index is -0.383. The van der Waals surface area contributed by atoms with Crippen LogP contribution in [-0.4, -0.2) is 24.3 Å². The quantitative estimate of drug-likeness (QED) is 0.510. The number of esters is 1. The van der Waals surface area contributed by atoms with Crippen molar-refractivity contribution in [3.63, 3.8) is 0 Å². The molecule has 0 saturated heterocycles. The number of rotatable bonds is 4. The Morgan fingerprint density at radius 2 is 2.17 bits per heavy atom. The summed E-state index contributed by atoms with van der Waals surface area (Å²) in [5.41, 5.74) is 0. The molecule has 0 aliphatic carbocycles. The zero-order chi connectivity index (χ0) is 9.56. The number of methoxy groups -OCH3 is 1. The Kier molecular flexibility index (Phi) is 5.37. The molecule has 0 rings (SSSR count). The topological polar surface area (TPSA) is 46.5 Å². The van der Waals surface area contributed by atoms with E-state index in [2.05, 4.69) is 4.74 Å². The van der Waals surface area contributed by atoms with Crippen molar-refractivity contribution in [2.75, 3.05) is 7.11 Å².